The van der Waals surface area contributed by atoms with Gasteiger partial charge in [0.1, 0.15) is 0 Å². The molecule has 0 radical (unpaired) electrons. The van der Waals surface area contributed by atoms with E-state index in [-0.39, 0.29) is 25.0 Å². The van der Waals surface area contributed by atoms with E-state index in [1.165, 1.54) is 0 Å². The maximum absolute atomic E-state index is 12.0. The summed E-state index contributed by atoms with van der Waals surface area (Å²) in [5, 5.41) is 3.37. The van der Waals surface area contributed by atoms with E-state index < -0.39 is 0 Å². The SMILES string of the molecule is CCOC(=O)CN(CC)CC(=O)Nc1cc(Cl)ccc1C. The van der Waals surface area contributed by atoms with Crippen LogP contribution in [0.1, 0.15) is 19.4 Å². The van der Waals surface area contributed by atoms with Crippen LogP contribution in [0.4, 0.5) is 5.69 Å². The summed E-state index contributed by atoms with van der Waals surface area (Å²) in [6.45, 7) is 6.68. The number of likely N-dealkylation sites (N-methyl/N-ethyl adjacent to an activating group) is 1. The predicted molar refractivity (Wildman–Crippen MR) is 83.6 cm³/mol. The Morgan fingerprint density at radius 3 is 2.62 bits per heavy atom. The molecule has 0 unspecified atom stereocenters. The van der Waals surface area contributed by atoms with Crippen molar-refractivity contribution in [2.45, 2.75) is 20.8 Å². The molecule has 5 nitrogen and oxygen atoms in total. The summed E-state index contributed by atoms with van der Waals surface area (Å²) < 4.78 is 4.88. The predicted octanol–water partition coefficient (Wildman–Crippen LogP) is 2.47. The number of benzene rings is 1. The van der Waals surface area contributed by atoms with Gasteiger partial charge in [-0.25, -0.2) is 0 Å². The zero-order chi connectivity index (χ0) is 15.8. The second-order valence-corrected chi connectivity index (χ2v) is 5.05. The first-order valence-electron chi connectivity index (χ1n) is 6.90. The van der Waals surface area contributed by atoms with Crippen molar-refractivity contribution in [3.8, 4) is 0 Å². The van der Waals surface area contributed by atoms with Crippen LogP contribution < -0.4 is 5.32 Å². The van der Waals surface area contributed by atoms with Gasteiger partial charge in [-0.1, -0.05) is 24.6 Å². The van der Waals surface area contributed by atoms with E-state index in [1.807, 2.05) is 19.9 Å². The van der Waals surface area contributed by atoms with Crippen LogP contribution in [0.3, 0.4) is 0 Å². The number of esters is 1. The Kier molecular flexibility index (Phi) is 7.19. The molecule has 0 aliphatic carbocycles. The summed E-state index contributed by atoms with van der Waals surface area (Å²) in [5.74, 6) is -0.516. The number of nitrogens with one attached hydrogen (secondary N) is 1. The van der Waals surface area contributed by atoms with E-state index in [0.29, 0.717) is 23.9 Å². The van der Waals surface area contributed by atoms with Crippen molar-refractivity contribution in [2.24, 2.45) is 0 Å². The summed E-state index contributed by atoms with van der Waals surface area (Å²) in [5.41, 5.74) is 1.61. The third kappa shape index (κ3) is 6.14. The maximum Gasteiger partial charge on any atom is 0.320 e. The lowest BCUT2D eigenvalue weighted by Gasteiger charge is -2.19. The Morgan fingerprint density at radius 1 is 1.29 bits per heavy atom. The van der Waals surface area contributed by atoms with Gasteiger partial charge < -0.3 is 10.1 Å². The van der Waals surface area contributed by atoms with E-state index in [1.54, 1.807) is 24.0 Å². The molecule has 0 spiro atoms. The van der Waals surface area contributed by atoms with Crippen molar-refractivity contribution in [3.63, 3.8) is 0 Å². The Balaban J connectivity index is 2.58. The molecule has 0 atom stereocenters. The molecule has 6 heteroatoms. The van der Waals surface area contributed by atoms with Crippen LogP contribution in [-0.2, 0) is 14.3 Å². The lowest BCUT2D eigenvalue weighted by atomic mass is 10.2. The van der Waals surface area contributed by atoms with Gasteiger partial charge in [0.2, 0.25) is 5.91 Å². The molecule has 1 rings (SSSR count). The van der Waals surface area contributed by atoms with Crippen LogP contribution in [0.5, 0.6) is 0 Å². The molecule has 0 bridgehead atoms. The third-order valence-electron chi connectivity index (χ3n) is 2.95. The molecule has 21 heavy (non-hydrogen) atoms. The average molecular weight is 313 g/mol. The highest BCUT2D eigenvalue weighted by Gasteiger charge is 2.14. The summed E-state index contributed by atoms with van der Waals surface area (Å²) in [6.07, 6.45) is 0. The standard InChI is InChI=1S/C15H21ClN2O3/c1-4-18(10-15(20)21-5-2)9-14(19)17-13-8-12(16)7-6-11(13)3/h6-8H,4-5,9-10H2,1-3H3,(H,17,19). The van der Waals surface area contributed by atoms with Gasteiger partial charge in [0.25, 0.3) is 0 Å². The van der Waals surface area contributed by atoms with Crippen LogP contribution in [0.25, 0.3) is 0 Å². The summed E-state index contributed by atoms with van der Waals surface area (Å²) in [4.78, 5) is 25.2. The van der Waals surface area contributed by atoms with Gasteiger partial charge in [0, 0.05) is 10.7 Å². The molecule has 0 aliphatic heterocycles. The number of aryl methyl sites for hydroxylation is 1. The van der Waals surface area contributed by atoms with Gasteiger partial charge in [0.05, 0.1) is 19.7 Å². The number of ether oxygens (including phenoxy) is 1. The molecular formula is C15H21ClN2O3. The molecule has 116 valence electrons. The molecule has 0 saturated carbocycles. The average Bonchev–Trinajstić information content (AvgIpc) is 2.42. The van der Waals surface area contributed by atoms with Crippen molar-refractivity contribution >= 4 is 29.2 Å². The van der Waals surface area contributed by atoms with Crippen LogP contribution in [-0.4, -0.2) is 43.0 Å². The second kappa shape index (κ2) is 8.64. The highest BCUT2D eigenvalue weighted by Crippen LogP contribution is 2.20. The number of amides is 1. The lowest BCUT2D eigenvalue weighted by molar-refractivity contribution is -0.144. The summed E-state index contributed by atoms with van der Waals surface area (Å²) in [6, 6.07) is 5.32. The number of anilines is 1. The molecule has 0 heterocycles. The Bertz CT molecular complexity index is 506. The normalized spacial score (nSPS) is 10.5. The number of hydrogen-bond acceptors (Lipinski definition) is 4. The quantitative estimate of drug-likeness (QED) is 0.786. The molecule has 0 fully saturated rings. The Hall–Kier alpha value is -1.59. The first-order chi connectivity index (χ1) is 9.96. The number of rotatable bonds is 7. The van der Waals surface area contributed by atoms with Gasteiger partial charge in [-0.05, 0) is 38.1 Å². The fourth-order valence-electron chi connectivity index (χ4n) is 1.79. The van der Waals surface area contributed by atoms with Crippen LogP contribution in [0, 0.1) is 6.92 Å². The van der Waals surface area contributed by atoms with Crippen LogP contribution in [0.15, 0.2) is 18.2 Å². The molecular weight excluding hydrogens is 292 g/mol. The minimum atomic E-state index is -0.328. The molecule has 1 N–H and O–H groups in total. The lowest BCUT2D eigenvalue weighted by Crippen LogP contribution is -2.37. The van der Waals surface area contributed by atoms with Gasteiger partial charge in [0.15, 0.2) is 0 Å². The zero-order valence-corrected chi connectivity index (χ0v) is 13.4. The van der Waals surface area contributed by atoms with Crippen molar-refractivity contribution in [3.05, 3.63) is 28.8 Å². The molecule has 1 aromatic carbocycles. The van der Waals surface area contributed by atoms with E-state index in [4.69, 9.17) is 16.3 Å². The van der Waals surface area contributed by atoms with Crippen molar-refractivity contribution in [2.75, 3.05) is 31.6 Å². The minimum absolute atomic E-state index is 0.103. The smallest absolute Gasteiger partial charge is 0.320 e. The van der Waals surface area contributed by atoms with Gasteiger partial charge in [-0.15, -0.1) is 0 Å². The molecule has 1 amide bonds. The van der Waals surface area contributed by atoms with Crippen molar-refractivity contribution in [1.29, 1.82) is 0 Å². The van der Waals surface area contributed by atoms with Crippen LogP contribution in [0.2, 0.25) is 5.02 Å². The first-order valence-corrected chi connectivity index (χ1v) is 7.28. The summed E-state index contributed by atoms with van der Waals surface area (Å²) in [7, 11) is 0. The molecule has 0 aromatic heterocycles. The summed E-state index contributed by atoms with van der Waals surface area (Å²) >= 11 is 5.91. The first kappa shape index (κ1) is 17.5. The van der Waals surface area contributed by atoms with Gasteiger partial charge >= 0.3 is 5.97 Å². The van der Waals surface area contributed by atoms with E-state index in [9.17, 15) is 9.59 Å². The molecule has 1 aromatic rings. The highest BCUT2D eigenvalue weighted by atomic mass is 35.5. The van der Waals surface area contributed by atoms with Crippen LogP contribution >= 0.6 is 11.6 Å². The Labute approximate surface area is 130 Å². The van der Waals surface area contributed by atoms with E-state index >= 15 is 0 Å². The van der Waals surface area contributed by atoms with E-state index in [0.717, 1.165) is 5.56 Å². The number of hydrogen-bond donors (Lipinski definition) is 1. The maximum atomic E-state index is 12.0. The number of carbonyl (C=O) groups is 2. The third-order valence-corrected chi connectivity index (χ3v) is 3.18. The fourth-order valence-corrected chi connectivity index (χ4v) is 1.96. The minimum Gasteiger partial charge on any atom is -0.465 e. The van der Waals surface area contributed by atoms with Crippen molar-refractivity contribution in [1.82, 2.24) is 4.90 Å². The van der Waals surface area contributed by atoms with Gasteiger partial charge in [-0.2, -0.15) is 0 Å². The van der Waals surface area contributed by atoms with Gasteiger partial charge in [-0.3, -0.25) is 14.5 Å². The number of carbonyl (C=O) groups excluding carboxylic acids is 2. The monoisotopic (exact) mass is 312 g/mol. The molecule has 0 aliphatic rings. The highest BCUT2D eigenvalue weighted by molar-refractivity contribution is 6.31. The fraction of sp³-hybridized carbons (Fsp3) is 0.467. The topological polar surface area (TPSA) is 58.6 Å². The van der Waals surface area contributed by atoms with E-state index in [2.05, 4.69) is 5.32 Å². The largest absolute Gasteiger partial charge is 0.465 e. The zero-order valence-electron chi connectivity index (χ0n) is 12.6. The molecule has 0 saturated heterocycles. The second-order valence-electron chi connectivity index (χ2n) is 4.62. The number of halogens is 1. The number of nitrogens with zero attached hydrogens (tertiary/aromatic N) is 1. The Morgan fingerprint density at radius 2 is 2.00 bits per heavy atom. The van der Waals surface area contributed by atoms with Crippen molar-refractivity contribution < 1.29 is 14.3 Å².